The van der Waals surface area contributed by atoms with Crippen molar-refractivity contribution in [3.8, 4) is 5.75 Å². The molecule has 26 heavy (non-hydrogen) atoms. The van der Waals surface area contributed by atoms with E-state index >= 15 is 0 Å². The number of hydrogen-bond acceptors (Lipinski definition) is 3. The van der Waals surface area contributed by atoms with Crippen molar-refractivity contribution in [2.24, 2.45) is 0 Å². The lowest BCUT2D eigenvalue weighted by Gasteiger charge is -2.36. The second kappa shape index (κ2) is 7.04. The summed E-state index contributed by atoms with van der Waals surface area (Å²) in [5.41, 5.74) is 2.04. The molecule has 1 aliphatic rings. The molecule has 0 spiro atoms. The first kappa shape index (κ1) is 16.4. The monoisotopic (exact) mass is 347 g/mol. The van der Waals surface area contributed by atoms with Crippen molar-refractivity contribution in [3.63, 3.8) is 0 Å². The first-order chi connectivity index (χ1) is 12.8. The average molecular weight is 347 g/mol. The van der Waals surface area contributed by atoms with Gasteiger partial charge in [0.15, 0.2) is 0 Å². The molecule has 0 saturated heterocycles. The molecule has 132 valence electrons. The Hall–Kier alpha value is -3.08. The van der Waals surface area contributed by atoms with E-state index < -0.39 is 0 Å². The number of para-hydroxylation sites is 1. The molecule has 1 aliphatic heterocycles. The fourth-order valence-corrected chi connectivity index (χ4v) is 3.54. The molecule has 5 heteroatoms. The van der Waals surface area contributed by atoms with E-state index in [9.17, 15) is 4.79 Å². The standard InChI is InChI=1S/C21H21N3O2/c1-26-19-10-6-5-9-17(19)13-21(25)24-15-20-22-11-12-23(20)14-18(24)16-7-3-2-4-8-16/h2-12,18H,13-15H2,1H3. The molecule has 1 atom stereocenters. The SMILES string of the molecule is COc1ccccc1CC(=O)N1Cc2nccn2CC1c1ccccc1. The largest absolute Gasteiger partial charge is 0.496 e. The molecule has 5 nitrogen and oxygen atoms in total. The summed E-state index contributed by atoms with van der Waals surface area (Å²) in [6.45, 7) is 1.23. The molecule has 0 bridgehead atoms. The van der Waals surface area contributed by atoms with Gasteiger partial charge >= 0.3 is 0 Å². The van der Waals surface area contributed by atoms with Crippen LogP contribution in [-0.2, 0) is 24.3 Å². The average Bonchev–Trinajstić information content (AvgIpc) is 3.15. The Morgan fingerprint density at radius 2 is 1.92 bits per heavy atom. The number of nitrogens with zero attached hydrogens (tertiary/aromatic N) is 3. The van der Waals surface area contributed by atoms with Gasteiger partial charge in [-0.05, 0) is 11.6 Å². The van der Waals surface area contributed by atoms with Gasteiger partial charge in [-0.1, -0.05) is 48.5 Å². The zero-order valence-electron chi connectivity index (χ0n) is 14.7. The zero-order chi connectivity index (χ0) is 17.9. The van der Waals surface area contributed by atoms with Crippen LogP contribution >= 0.6 is 0 Å². The number of methoxy groups -OCH3 is 1. The van der Waals surface area contributed by atoms with Gasteiger partial charge < -0.3 is 14.2 Å². The van der Waals surface area contributed by atoms with Crippen LogP contribution in [0.5, 0.6) is 5.75 Å². The molecule has 4 rings (SSSR count). The van der Waals surface area contributed by atoms with Crippen molar-refractivity contribution in [3.05, 3.63) is 83.9 Å². The minimum atomic E-state index is 0.0000992. The number of aromatic nitrogens is 2. The zero-order valence-corrected chi connectivity index (χ0v) is 14.7. The van der Waals surface area contributed by atoms with Crippen LogP contribution in [0.4, 0.5) is 0 Å². The van der Waals surface area contributed by atoms with Gasteiger partial charge in [-0.25, -0.2) is 4.98 Å². The maximum Gasteiger partial charge on any atom is 0.228 e. The number of ether oxygens (including phenoxy) is 1. The van der Waals surface area contributed by atoms with Gasteiger partial charge in [0.1, 0.15) is 11.6 Å². The summed E-state index contributed by atoms with van der Waals surface area (Å²) in [5, 5.41) is 0. The van der Waals surface area contributed by atoms with Crippen molar-refractivity contribution in [2.45, 2.75) is 25.6 Å². The highest BCUT2D eigenvalue weighted by Gasteiger charge is 2.31. The summed E-state index contributed by atoms with van der Waals surface area (Å²) in [5.74, 6) is 1.75. The van der Waals surface area contributed by atoms with Crippen LogP contribution in [-0.4, -0.2) is 27.5 Å². The Bertz CT molecular complexity index is 904. The number of fused-ring (bicyclic) bond motifs is 1. The van der Waals surface area contributed by atoms with Gasteiger partial charge in [0.2, 0.25) is 5.91 Å². The third kappa shape index (κ3) is 3.08. The Labute approximate surface area is 152 Å². The second-order valence-corrected chi connectivity index (χ2v) is 6.43. The minimum Gasteiger partial charge on any atom is -0.496 e. The minimum absolute atomic E-state index is 0.0000992. The molecule has 0 radical (unpaired) electrons. The van der Waals surface area contributed by atoms with Crippen LogP contribution in [0, 0.1) is 0 Å². The molecule has 1 amide bonds. The molecule has 2 aromatic carbocycles. The van der Waals surface area contributed by atoms with E-state index in [4.69, 9.17) is 4.74 Å². The van der Waals surface area contributed by atoms with Crippen LogP contribution in [0.3, 0.4) is 0 Å². The lowest BCUT2D eigenvalue weighted by atomic mass is 10.0. The summed E-state index contributed by atoms with van der Waals surface area (Å²) in [6.07, 6.45) is 4.09. The second-order valence-electron chi connectivity index (χ2n) is 6.43. The van der Waals surface area contributed by atoms with Gasteiger partial charge in [0.25, 0.3) is 0 Å². The lowest BCUT2D eigenvalue weighted by molar-refractivity contribution is -0.135. The summed E-state index contributed by atoms with van der Waals surface area (Å²) in [6, 6.07) is 17.9. The first-order valence-corrected chi connectivity index (χ1v) is 8.72. The smallest absolute Gasteiger partial charge is 0.228 e. The van der Waals surface area contributed by atoms with Gasteiger partial charge in [-0.2, -0.15) is 0 Å². The summed E-state index contributed by atoms with van der Waals surface area (Å²) in [7, 11) is 1.63. The van der Waals surface area contributed by atoms with Gasteiger partial charge in [-0.15, -0.1) is 0 Å². The molecule has 0 N–H and O–H groups in total. The Morgan fingerprint density at radius 3 is 2.73 bits per heavy atom. The van der Waals surface area contributed by atoms with E-state index in [-0.39, 0.29) is 11.9 Å². The summed E-state index contributed by atoms with van der Waals surface area (Å²) >= 11 is 0. The van der Waals surface area contributed by atoms with Gasteiger partial charge in [0.05, 0.1) is 26.1 Å². The highest BCUT2D eigenvalue weighted by Crippen LogP contribution is 2.30. The van der Waals surface area contributed by atoms with Crippen molar-refractivity contribution >= 4 is 5.91 Å². The lowest BCUT2D eigenvalue weighted by Crippen LogP contribution is -2.41. The molecular weight excluding hydrogens is 326 g/mol. The molecule has 2 heterocycles. The Morgan fingerprint density at radius 1 is 1.15 bits per heavy atom. The fourth-order valence-electron chi connectivity index (χ4n) is 3.54. The number of carbonyl (C=O) groups excluding carboxylic acids is 1. The fraction of sp³-hybridized carbons (Fsp3) is 0.238. The van der Waals surface area contributed by atoms with Crippen LogP contribution < -0.4 is 4.74 Å². The normalized spacial score (nSPS) is 16.2. The van der Waals surface area contributed by atoms with Crippen LogP contribution in [0.15, 0.2) is 67.0 Å². The van der Waals surface area contributed by atoms with Crippen LogP contribution in [0.25, 0.3) is 0 Å². The number of imidazole rings is 1. The summed E-state index contributed by atoms with van der Waals surface area (Å²) < 4.78 is 7.53. The number of rotatable bonds is 4. The quantitative estimate of drug-likeness (QED) is 0.728. The van der Waals surface area contributed by atoms with Crippen LogP contribution in [0.1, 0.15) is 23.0 Å². The van der Waals surface area contributed by atoms with E-state index in [1.54, 1.807) is 13.3 Å². The number of benzene rings is 2. The maximum absolute atomic E-state index is 13.2. The van der Waals surface area contributed by atoms with E-state index in [1.165, 1.54) is 0 Å². The molecule has 3 aromatic rings. The predicted octanol–water partition coefficient (Wildman–Crippen LogP) is 3.22. The summed E-state index contributed by atoms with van der Waals surface area (Å²) in [4.78, 5) is 19.5. The van der Waals surface area contributed by atoms with E-state index in [2.05, 4.69) is 21.7 Å². The molecule has 0 aliphatic carbocycles. The first-order valence-electron chi connectivity index (χ1n) is 8.72. The Balaban J connectivity index is 1.64. The van der Waals surface area contributed by atoms with Crippen molar-refractivity contribution in [1.29, 1.82) is 0 Å². The number of hydrogen-bond donors (Lipinski definition) is 0. The van der Waals surface area contributed by atoms with E-state index in [0.717, 1.165) is 29.2 Å². The van der Waals surface area contributed by atoms with E-state index in [1.807, 2.05) is 53.6 Å². The molecule has 1 aromatic heterocycles. The van der Waals surface area contributed by atoms with Gasteiger partial charge in [0, 0.05) is 24.5 Å². The molecule has 0 saturated carbocycles. The number of amides is 1. The van der Waals surface area contributed by atoms with E-state index in [0.29, 0.717) is 13.0 Å². The Kier molecular flexibility index (Phi) is 4.44. The molecule has 1 unspecified atom stereocenters. The van der Waals surface area contributed by atoms with Crippen molar-refractivity contribution < 1.29 is 9.53 Å². The molecule has 0 fully saturated rings. The highest BCUT2D eigenvalue weighted by atomic mass is 16.5. The predicted molar refractivity (Wildman–Crippen MR) is 98.7 cm³/mol. The third-order valence-corrected chi connectivity index (χ3v) is 4.90. The topological polar surface area (TPSA) is 47.4 Å². The molecular formula is C21H21N3O2. The van der Waals surface area contributed by atoms with Crippen molar-refractivity contribution in [2.75, 3.05) is 7.11 Å². The highest BCUT2D eigenvalue weighted by molar-refractivity contribution is 5.80. The third-order valence-electron chi connectivity index (χ3n) is 4.90. The maximum atomic E-state index is 13.2. The number of carbonyl (C=O) groups is 1. The van der Waals surface area contributed by atoms with Gasteiger partial charge in [-0.3, -0.25) is 4.79 Å². The van der Waals surface area contributed by atoms with Crippen LogP contribution in [0.2, 0.25) is 0 Å². The van der Waals surface area contributed by atoms with Crippen molar-refractivity contribution in [1.82, 2.24) is 14.5 Å².